The van der Waals surface area contributed by atoms with E-state index in [9.17, 15) is 0 Å². The van der Waals surface area contributed by atoms with E-state index in [0.717, 1.165) is 26.1 Å². The SMILES string of the molecule is CCN(CC)CCc1cccc(Br)c1. The molecular weight excluding hydrogens is 238 g/mol. The Kier molecular flexibility index (Phi) is 5.20. The lowest BCUT2D eigenvalue weighted by Crippen LogP contribution is -2.25. The van der Waals surface area contributed by atoms with Gasteiger partial charge < -0.3 is 4.90 Å². The first-order valence-corrected chi connectivity index (χ1v) is 6.02. The van der Waals surface area contributed by atoms with Crippen LogP contribution >= 0.6 is 15.9 Å². The summed E-state index contributed by atoms with van der Waals surface area (Å²) in [4.78, 5) is 2.45. The fourth-order valence-corrected chi connectivity index (χ4v) is 1.97. The molecule has 0 heterocycles. The minimum Gasteiger partial charge on any atom is -0.304 e. The molecule has 0 fully saturated rings. The monoisotopic (exact) mass is 255 g/mol. The first kappa shape index (κ1) is 11.7. The van der Waals surface area contributed by atoms with Crippen LogP contribution in [0.2, 0.25) is 0 Å². The topological polar surface area (TPSA) is 3.24 Å². The van der Waals surface area contributed by atoms with Gasteiger partial charge in [-0.3, -0.25) is 0 Å². The molecule has 1 aromatic carbocycles. The molecule has 1 nitrogen and oxygen atoms in total. The lowest BCUT2D eigenvalue weighted by Gasteiger charge is -2.17. The van der Waals surface area contributed by atoms with Gasteiger partial charge in [-0.2, -0.15) is 0 Å². The van der Waals surface area contributed by atoms with Crippen molar-refractivity contribution in [1.29, 1.82) is 0 Å². The van der Waals surface area contributed by atoms with Gasteiger partial charge in [0, 0.05) is 11.0 Å². The van der Waals surface area contributed by atoms with Gasteiger partial charge >= 0.3 is 0 Å². The normalized spacial score (nSPS) is 10.9. The molecule has 0 spiro atoms. The zero-order valence-electron chi connectivity index (χ0n) is 8.96. The van der Waals surface area contributed by atoms with E-state index >= 15 is 0 Å². The number of rotatable bonds is 5. The van der Waals surface area contributed by atoms with Crippen LogP contribution in [0.25, 0.3) is 0 Å². The highest BCUT2D eigenvalue weighted by molar-refractivity contribution is 9.10. The van der Waals surface area contributed by atoms with Crippen molar-refractivity contribution >= 4 is 15.9 Å². The Morgan fingerprint density at radius 1 is 1.21 bits per heavy atom. The van der Waals surface area contributed by atoms with Crippen LogP contribution in [0, 0.1) is 0 Å². The Labute approximate surface area is 95.2 Å². The van der Waals surface area contributed by atoms with Crippen LogP contribution < -0.4 is 0 Å². The number of hydrogen-bond acceptors (Lipinski definition) is 1. The Morgan fingerprint density at radius 3 is 2.50 bits per heavy atom. The summed E-state index contributed by atoms with van der Waals surface area (Å²) in [5, 5.41) is 0. The van der Waals surface area contributed by atoms with Crippen LogP contribution in [0.4, 0.5) is 0 Å². The van der Waals surface area contributed by atoms with E-state index in [1.807, 2.05) is 0 Å². The second-order valence-electron chi connectivity index (χ2n) is 3.41. The van der Waals surface area contributed by atoms with E-state index in [2.05, 4.69) is 58.9 Å². The van der Waals surface area contributed by atoms with Crippen LogP contribution in [0.3, 0.4) is 0 Å². The van der Waals surface area contributed by atoms with Gasteiger partial charge in [0.2, 0.25) is 0 Å². The number of halogens is 1. The fourth-order valence-electron chi connectivity index (χ4n) is 1.52. The number of benzene rings is 1. The highest BCUT2D eigenvalue weighted by Crippen LogP contribution is 2.12. The quantitative estimate of drug-likeness (QED) is 0.781. The van der Waals surface area contributed by atoms with Crippen molar-refractivity contribution in [3.63, 3.8) is 0 Å². The van der Waals surface area contributed by atoms with Crippen molar-refractivity contribution in [3.8, 4) is 0 Å². The molecule has 1 aromatic rings. The lowest BCUT2D eigenvalue weighted by molar-refractivity contribution is 0.308. The van der Waals surface area contributed by atoms with E-state index in [0.29, 0.717) is 0 Å². The van der Waals surface area contributed by atoms with Crippen molar-refractivity contribution in [2.45, 2.75) is 20.3 Å². The Balaban J connectivity index is 2.44. The average molecular weight is 256 g/mol. The largest absolute Gasteiger partial charge is 0.304 e. The van der Waals surface area contributed by atoms with E-state index in [-0.39, 0.29) is 0 Å². The van der Waals surface area contributed by atoms with Gasteiger partial charge in [0.25, 0.3) is 0 Å². The standard InChI is InChI=1S/C12H18BrN/c1-3-14(4-2)9-8-11-6-5-7-12(13)10-11/h5-7,10H,3-4,8-9H2,1-2H3. The molecule has 0 N–H and O–H groups in total. The summed E-state index contributed by atoms with van der Waals surface area (Å²) in [6.07, 6.45) is 1.14. The van der Waals surface area contributed by atoms with Crippen molar-refractivity contribution in [2.24, 2.45) is 0 Å². The maximum Gasteiger partial charge on any atom is 0.0178 e. The summed E-state index contributed by atoms with van der Waals surface area (Å²) < 4.78 is 1.18. The highest BCUT2D eigenvalue weighted by Gasteiger charge is 1.99. The molecular formula is C12H18BrN. The lowest BCUT2D eigenvalue weighted by atomic mass is 10.1. The molecule has 2 heteroatoms. The van der Waals surface area contributed by atoms with Gasteiger partial charge in [-0.1, -0.05) is 41.9 Å². The van der Waals surface area contributed by atoms with Crippen molar-refractivity contribution in [1.82, 2.24) is 4.90 Å². The van der Waals surface area contributed by atoms with Crippen LogP contribution in [0.15, 0.2) is 28.7 Å². The molecule has 0 aromatic heterocycles. The second-order valence-corrected chi connectivity index (χ2v) is 4.32. The van der Waals surface area contributed by atoms with Gasteiger partial charge in [-0.05, 0) is 37.2 Å². The van der Waals surface area contributed by atoms with Crippen molar-refractivity contribution in [2.75, 3.05) is 19.6 Å². The zero-order chi connectivity index (χ0) is 10.4. The van der Waals surface area contributed by atoms with Crippen LogP contribution in [-0.2, 0) is 6.42 Å². The minimum atomic E-state index is 1.14. The Bertz CT molecular complexity index is 269. The maximum absolute atomic E-state index is 3.49. The van der Waals surface area contributed by atoms with Gasteiger partial charge in [0.15, 0.2) is 0 Å². The fraction of sp³-hybridized carbons (Fsp3) is 0.500. The minimum absolute atomic E-state index is 1.14. The molecule has 0 saturated carbocycles. The number of nitrogens with zero attached hydrogens (tertiary/aromatic N) is 1. The summed E-state index contributed by atoms with van der Waals surface area (Å²) in [7, 11) is 0. The van der Waals surface area contributed by atoms with Crippen molar-refractivity contribution < 1.29 is 0 Å². The van der Waals surface area contributed by atoms with Gasteiger partial charge in [-0.25, -0.2) is 0 Å². The van der Waals surface area contributed by atoms with Gasteiger partial charge in [0.1, 0.15) is 0 Å². The average Bonchev–Trinajstić information content (AvgIpc) is 2.19. The molecule has 0 unspecified atom stereocenters. The molecule has 1 rings (SSSR count). The first-order chi connectivity index (χ1) is 6.76. The molecule has 14 heavy (non-hydrogen) atoms. The first-order valence-electron chi connectivity index (χ1n) is 5.23. The summed E-state index contributed by atoms with van der Waals surface area (Å²) in [5.41, 5.74) is 1.41. The van der Waals surface area contributed by atoms with E-state index < -0.39 is 0 Å². The molecule has 78 valence electrons. The van der Waals surface area contributed by atoms with Gasteiger partial charge in [0.05, 0.1) is 0 Å². The number of likely N-dealkylation sites (N-methyl/N-ethyl adjacent to an activating group) is 1. The molecule has 0 radical (unpaired) electrons. The van der Waals surface area contributed by atoms with Crippen LogP contribution in [0.5, 0.6) is 0 Å². The predicted octanol–water partition coefficient (Wildman–Crippen LogP) is 3.33. The predicted molar refractivity (Wildman–Crippen MR) is 65.6 cm³/mol. The van der Waals surface area contributed by atoms with Gasteiger partial charge in [-0.15, -0.1) is 0 Å². The zero-order valence-corrected chi connectivity index (χ0v) is 10.5. The molecule has 0 amide bonds. The summed E-state index contributed by atoms with van der Waals surface area (Å²) in [5.74, 6) is 0. The Morgan fingerprint density at radius 2 is 1.93 bits per heavy atom. The smallest absolute Gasteiger partial charge is 0.0178 e. The van der Waals surface area contributed by atoms with Crippen LogP contribution in [0.1, 0.15) is 19.4 Å². The molecule has 0 aliphatic carbocycles. The third kappa shape index (κ3) is 3.81. The van der Waals surface area contributed by atoms with E-state index in [4.69, 9.17) is 0 Å². The summed E-state index contributed by atoms with van der Waals surface area (Å²) in [6, 6.07) is 8.56. The molecule has 0 atom stereocenters. The summed E-state index contributed by atoms with van der Waals surface area (Å²) in [6.45, 7) is 7.87. The molecule has 0 bridgehead atoms. The molecule has 0 saturated heterocycles. The van der Waals surface area contributed by atoms with Crippen molar-refractivity contribution in [3.05, 3.63) is 34.3 Å². The maximum atomic E-state index is 3.49. The third-order valence-electron chi connectivity index (χ3n) is 2.50. The molecule has 0 aliphatic heterocycles. The van der Waals surface area contributed by atoms with E-state index in [1.165, 1.54) is 10.0 Å². The van der Waals surface area contributed by atoms with Crippen LogP contribution in [-0.4, -0.2) is 24.5 Å². The van der Waals surface area contributed by atoms with E-state index in [1.54, 1.807) is 0 Å². The summed E-state index contributed by atoms with van der Waals surface area (Å²) >= 11 is 3.49. The third-order valence-corrected chi connectivity index (χ3v) is 2.99. The second kappa shape index (κ2) is 6.20. The Hall–Kier alpha value is -0.340. The molecule has 0 aliphatic rings. The number of hydrogen-bond donors (Lipinski definition) is 0. The highest BCUT2D eigenvalue weighted by atomic mass is 79.9.